The van der Waals surface area contributed by atoms with E-state index in [0.717, 1.165) is 35.3 Å². The predicted octanol–water partition coefficient (Wildman–Crippen LogP) is 3.91. The molecule has 3 heteroatoms. The summed E-state index contributed by atoms with van der Waals surface area (Å²) in [6.45, 7) is 2.05. The normalized spacial score (nSPS) is 29.7. The fourth-order valence-electron chi connectivity index (χ4n) is 3.42. The van der Waals surface area contributed by atoms with Gasteiger partial charge in [-0.2, -0.15) is 0 Å². The number of rotatable bonds is 3. The van der Waals surface area contributed by atoms with Crippen molar-refractivity contribution < 1.29 is 4.79 Å². The van der Waals surface area contributed by atoms with Crippen LogP contribution in [0.3, 0.4) is 0 Å². The van der Waals surface area contributed by atoms with Crippen molar-refractivity contribution in [1.29, 1.82) is 0 Å². The van der Waals surface area contributed by atoms with Crippen molar-refractivity contribution >= 4 is 17.5 Å². The molecule has 1 aromatic rings. The summed E-state index contributed by atoms with van der Waals surface area (Å²) in [4.78, 5) is 14.4. The van der Waals surface area contributed by atoms with Crippen LogP contribution in [0.15, 0.2) is 24.3 Å². The van der Waals surface area contributed by atoms with Crippen molar-refractivity contribution in [2.45, 2.75) is 32.2 Å². The van der Waals surface area contributed by atoms with Gasteiger partial charge in [-0.25, -0.2) is 0 Å². The first-order chi connectivity index (χ1) is 9.08. The summed E-state index contributed by atoms with van der Waals surface area (Å²) < 4.78 is 0. The molecule has 19 heavy (non-hydrogen) atoms. The maximum Gasteiger partial charge on any atom is 0.225 e. The molecule has 3 unspecified atom stereocenters. The van der Waals surface area contributed by atoms with E-state index in [9.17, 15) is 4.79 Å². The fraction of sp³-hybridized carbons (Fsp3) is 0.562. The molecule has 0 N–H and O–H groups in total. The van der Waals surface area contributed by atoms with Crippen LogP contribution in [-0.4, -0.2) is 17.9 Å². The number of hydrogen-bond acceptors (Lipinski definition) is 1. The molecule has 2 saturated carbocycles. The Morgan fingerprint density at radius 2 is 1.89 bits per heavy atom. The minimum atomic E-state index is 0.0399. The SMILES string of the molecule is CC(c1ccccc1Cl)N(C)C(=O)C1CC2CC2C1. The average molecular weight is 278 g/mol. The zero-order valence-electron chi connectivity index (χ0n) is 11.5. The Morgan fingerprint density at radius 3 is 2.53 bits per heavy atom. The summed E-state index contributed by atoms with van der Waals surface area (Å²) in [6.07, 6.45) is 3.56. The van der Waals surface area contributed by atoms with E-state index in [1.807, 2.05) is 36.2 Å². The molecule has 0 radical (unpaired) electrons. The molecule has 0 aliphatic heterocycles. The molecule has 2 fully saturated rings. The quantitative estimate of drug-likeness (QED) is 0.820. The van der Waals surface area contributed by atoms with Gasteiger partial charge in [-0.05, 0) is 49.7 Å². The van der Waals surface area contributed by atoms with Gasteiger partial charge in [-0.1, -0.05) is 29.8 Å². The van der Waals surface area contributed by atoms with Crippen LogP contribution >= 0.6 is 11.6 Å². The van der Waals surface area contributed by atoms with E-state index in [0.29, 0.717) is 5.91 Å². The maximum absolute atomic E-state index is 12.5. The highest BCUT2D eigenvalue weighted by Crippen LogP contribution is 2.54. The average Bonchev–Trinajstić information content (AvgIpc) is 3.03. The first kappa shape index (κ1) is 13.0. The standard InChI is InChI=1S/C16H20ClNO/c1-10(14-5-3-4-6-15(14)17)18(2)16(19)13-8-11-7-12(11)9-13/h3-6,10-13H,7-9H2,1-2H3. The molecule has 2 aliphatic carbocycles. The molecule has 1 aromatic carbocycles. The van der Waals surface area contributed by atoms with Gasteiger partial charge in [0.25, 0.3) is 0 Å². The Labute approximate surface area is 119 Å². The molecule has 2 aliphatic rings. The van der Waals surface area contributed by atoms with Gasteiger partial charge in [0.05, 0.1) is 6.04 Å². The Balaban J connectivity index is 1.70. The third kappa shape index (κ3) is 2.38. The highest BCUT2D eigenvalue weighted by atomic mass is 35.5. The van der Waals surface area contributed by atoms with Crippen molar-refractivity contribution in [3.05, 3.63) is 34.9 Å². The first-order valence-electron chi connectivity index (χ1n) is 7.09. The molecule has 0 bridgehead atoms. The molecule has 0 aromatic heterocycles. The highest BCUT2D eigenvalue weighted by molar-refractivity contribution is 6.31. The summed E-state index contributed by atoms with van der Waals surface area (Å²) >= 11 is 6.22. The van der Waals surface area contributed by atoms with Gasteiger partial charge >= 0.3 is 0 Å². The monoisotopic (exact) mass is 277 g/mol. The van der Waals surface area contributed by atoms with Crippen molar-refractivity contribution in [1.82, 2.24) is 4.90 Å². The molecule has 3 rings (SSSR count). The number of carbonyl (C=O) groups excluding carboxylic acids is 1. The van der Waals surface area contributed by atoms with Crippen LogP contribution in [0.4, 0.5) is 0 Å². The maximum atomic E-state index is 12.5. The number of amides is 1. The summed E-state index contributed by atoms with van der Waals surface area (Å²) in [5, 5.41) is 0.740. The van der Waals surface area contributed by atoms with Gasteiger partial charge in [0.2, 0.25) is 5.91 Å². The van der Waals surface area contributed by atoms with Crippen LogP contribution in [0.2, 0.25) is 5.02 Å². The van der Waals surface area contributed by atoms with Crippen molar-refractivity contribution in [2.24, 2.45) is 17.8 Å². The zero-order valence-corrected chi connectivity index (χ0v) is 12.2. The first-order valence-corrected chi connectivity index (χ1v) is 7.46. The van der Waals surface area contributed by atoms with E-state index in [1.165, 1.54) is 6.42 Å². The van der Waals surface area contributed by atoms with Crippen LogP contribution in [0.25, 0.3) is 0 Å². The molecule has 2 nitrogen and oxygen atoms in total. The molecular weight excluding hydrogens is 258 g/mol. The van der Waals surface area contributed by atoms with Crippen LogP contribution in [-0.2, 0) is 4.79 Å². The molecule has 3 atom stereocenters. The van der Waals surface area contributed by atoms with Gasteiger partial charge in [0, 0.05) is 18.0 Å². The second kappa shape index (κ2) is 4.82. The molecule has 0 saturated heterocycles. The van der Waals surface area contributed by atoms with Gasteiger partial charge in [-0.3, -0.25) is 4.79 Å². The van der Waals surface area contributed by atoms with Gasteiger partial charge in [0.1, 0.15) is 0 Å². The second-order valence-electron chi connectivity index (χ2n) is 6.07. The molecule has 102 valence electrons. The minimum Gasteiger partial charge on any atom is -0.339 e. The number of nitrogens with zero attached hydrogens (tertiary/aromatic N) is 1. The largest absolute Gasteiger partial charge is 0.339 e. The van der Waals surface area contributed by atoms with E-state index < -0.39 is 0 Å². The smallest absolute Gasteiger partial charge is 0.225 e. The van der Waals surface area contributed by atoms with Crippen molar-refractivity contribution in [2.75, 3.05) is 7.05 Å². The van der Waals surface area contributed by atoms with E-state index in [2.05, 4.69) is 6.92 Å². The Kier molecular flexibility index (Phi) is 3.30. The second-order valence-corrected chi connectivity index (χ2v) is 6.48. The zero-order chi connectivity index (χ0) is 13.6. The van der Waals surface area contributed by atoms with Crippen LogP contribution in [0, 0.1) is 17.8 Å². The minimum absolute atomic E-state index is 0.0399. The summed E-state index contributed by atoms with van der Waals surface area (Å²) in [6, 6.07) is 7.82. The molecule has 1 amide bonds. The van der Waals surface area contributed by atoms with E-state index >= 15 is 0 Å². The lowest BCUT2D eigenvalue weighted by Crippen LogP contribution is -2.34. The van der Waals surface area contributed by atoms with E-state index in [1.54, 1.807) is 0 Å². The number of fused-ring (bicyclic) bond motifs is 1. The molecule has 0 heterocycles. The Morgan fingerprint density at radius 1 is 1.26 bits per heavy atom. The lowest BCUT2D eigenvalue weighted by atomic mass is 10.00. The van der Waals surface area contributed by atoms with Gasteiger partial charge in [0.15, 0.2) is 0 Å². The predicted molar refractivity (Wildman–Crippen MR) is 77.0 cm³/mol. The number of halogens is 1. The van der Waals surface area contributed by atoms with E-state index in [-0.39, 0.29) is 12.0 Å². The topological polar surface area (TPSA) is 20.3 Å². The van der Waals surface area contributed by atoms with Crippen molar-refractivity contribution in [3.63, 3.8) is 0 Å². The van der Waals surface area contributed by atoms with Crippen molar-refractivity contribution in [3.8, 4) is 0 Å². The Hall–Kier alpha value is -1.02. The summed E-state index contributed by atoms with van der Waals surface area (Å²) in [7, 11) is 1.90. The number of hydrogen-bond donors (Lipinski definition) is 0. The van der Waals surface area contributed by atoms with Crippen LogP contribution < -0.4 is 0 Å². The van der Waals surface area contributed by atoms with Gasteiger partial charge in [-0.15, -0.1) is 0 Å². The summed E-state index contributed by atoms with van der Waals surface area (Å²) in [5.41, 5.74) is 1.03. The summed E-state index contributed by atoms with van der Waals surface area (Å²) in [5.74, 6) is 2.23. The fourth-order valence-corrected chi connectivity index (χ4v) is 3.71. The number of carbonyl (C=O) groups is 1. The highest BCUT2D eigenvalue weighted by Gasteiger charge is 2.48. The molecule has 0 spiro atoms. The lowest BCUT2D eigenvalue weighted by molar-refractivity contribution is -0.136. The van der Waals surface area contributed by atoms with Crippen LogP contribution in [0.5, 0.6) is 0 Å². The third-order valence-electron chi connectivity index (χ3n) is 4.88. The third-order valence-corrected chi connectivity index (χ3v) is 5.22. The van der Waals surface area contributed by atoms with Gasteiger partial charge < -0.3 is 4.90 Å². The Bertz CT molecular complexity index is 491. The van der Waals surface area contributed by atoms with E-state index in [4.69, 9.17) is 11.6 Å². The molecular formula is C16H20ClNO. The van der Waals surface area contributed by atoms with Crippen LogP contribution in [0.1, 0.15) is 37.8 Å². The lowest BCUT2D eigenvalue weighted by Gasteiger charge is -2.29. The number of benzene rings is 1.